The van der Waals surface area contributed by atoms with Crippen molar-refractivity contribution in [3.8, 4) is 11.5 Å². The number of nitrogens with one attached hydrogen (secondary N) is 2. The Morgan fingerprint density at radius 1 is 1.35 bits per heavy atom. The molecule has 0 aliphatic heterocycles. The van der Waals surface area contributed by atoms with Gasteiger partial charge in [-0.2, -0.15) is 5.10 Å². The van der Waals surface area contributed by atoms with Gasteiger partial charge in [0, 0.05) is 11.6 Å². The van der Waals surface area contributed by atoms with E-state index in [4.69, 9.17) is 4.42 Å². The lowest BCUT2D eigenvalue weighted by atomic mass is 10.1. The second kappa shape index (κ2) is 7.12. The van der Waals surface area contributed by atoms with Crippen LogP contribution in [0, 0.1) is 6.92 Å². The van der Waals surface area contributed by atoms with Gasteiger partial charge >= 0.3 is 0 Å². The number of hydrogen-bond donors (Lipinski definition) is 4. The van der Waals surface area contributed by atoms with Crippen molar-refractivity contribution >= 4 is 18.0 Å². The van der Waals surface area contributed by atoms with Gasteiger partial charge in [-0.05, 0) is 30.7 Å². The third kappa shape index (κ3) is 4.34. The van der Waals surface area contributed by atoms with E-state index in [1.807, 2.05) is 0 Å². The van der Waals surface area contributed by atoms with Gasteiger partial charge in [-0.25, -0.2) is 5.43 Å². The second-order valence-electron chi connectivity index (χ2n) is 4.65. The van der Waals surface area contributed by atoms with Gasteiger partial charge in [0.2, 0.25) is 0 Å². The van der Waals surface area contributed by atoms with E-state index in [2.05, 4.69) is 15.8 Å². The first-order valence-electron chi connectivity index (χ1n) is 6.63. The summed E-state index contributed by atoms with van der Waals surface area (Å²) >= 11 is 0. The quantitative estimate of drug-likeness (QED) is 0.481. The van der Waals surface area contributed by atoms with Crippen molar-refractivity contribution in [2.24, 2.45) is 5.10 Å². The fraction of sp³-hybridized carbons (Fsp3) is 0.133. The maximum Gasteiger partial charge on any atom is 0.287 e. The Balaban J connectivity index is 1.86. The molecule has 8 nitrogen and oxygen atoms in total. The minimum Gasteiger partial charge on any atom is -0.508 e. The molecule has 8 heteroatoms. The third-order valence-electron chi connectivity index (χ3n) is 2.89. The highest BCUT2D eigenvalue weighted by molar-refractivity contribution is 5.94. The number of carbonyl (C=O) groups is 2. The average Bonchev–Trinajstić information content (AvgIpc) is 3.01. The van der Waals surface area contributed by atoms with Crippen LogP contribution in [0.1, 0.15) is 21.7 Å². The Morgan fingerprint density at radius 3 is 2.78 bits per heavy atom. The molecule has 120 valence electrons. The zero-order valence-corrected chi connectivity index (χ0v) is 12.2. The van der Waals surface area contributed by atoms with Crippen molar-refractivity contribution < 1.29 is 24.2 Å². The molecule has 2 aromatic rings. The number of amides is 2. The number of benzene rings is 1. The molecule has 0 unspecified atom stereocenters. The molecular weight excluding hydrogens is 302 g/mol. The van der Waals surface area contributed by atoms with Gasteiger partial charge in [-0.15, -0.1) is 0 Å². The summed E-state index contributed by atoms with van der Waals surface area (Å²) in [5.41, 5.74) is 3.17. The van der Waals surface area contributed by atoms with Gasteiger partial charge in [-0.3, -0.25) is 9.59 Å². The van der Waals surface area contributed by atoms with E-state index in [1.165, 1.54) is 30.7 Å². The SMILES string of the molecule is Cc1cc(O)cc(O)c1/C=N/NC(=O)CNC(=O)c1ccco1. The zero-order valence-electron chi connectivity index (χ0n) is 12.2. The van der Waals surface area contributed by atoms with Crippen LogP contribution >= 0.6 is 0 Å². The molecule has 0 aliphatic carbocycles. The number of phenols is 2. The number of phenolic OH excluding ortho intramolecular Hbond substituents is 2. The summed E-state index contributed by atoms with van der Waals surface area (Å²) < 4.78 is 4.88. The van der Waals surface area contributed by atoms with Crippen molar-refractivity contribution in [1.82, 2.24) is 10.7 Å². The summed E-state index contributed by atoms with van der Waals surface area (Å²) in [6.07, 6.45) is 2.60. The fourth-order valence-electron chi connectivity index (χ4n) is 1.79. The molecule has 0 spiro atoms. The highest BCUT2D eigenvalue weighted by Crippen LogP contribution is 2.24. The molecule has 0 bridgehead atoms. The Kier molecular flexibility index (Phi) is 4.98. The maximum atomic E-state index is 11.6. The standard InChI is InChI=1S/C15H15N3O5/c1-9-5-10(19)6-12(20)11(9)7-17-18-14(21)8-16-15(22)13-3-2-4-23-13/h2-7,19-20H,8H2,1H3,(H,16,22)(H,18,21)/b17-7+. The van der Waals surface area contributed by atoms with Crippen LogP contribution in [-0.2, 0) is 4.79 Å². The first-order valence-corrected chi connectivity index (χ1v) is 6.63. The van der Waals surface area contributed by atoms with Crippen LogP contribution in [0.4, 0.5) is 0 Å². The summed E-state index contributed by atoms with van der Waals surface area (Å²) in [4.78, 5) is 23.1. The smallest absolute Gasteiger partial charge is 0.287 e. The highest BCUT2D eigenvalue weighted by atomic mass is 16.3. The lowest BCUT2D eigenvalue weighted by molar-refractivity contribution is -0.120. The van der Waals surface area contributed by atoms with Crippen LogP contribution in [-0.4, -0.2) is 34.8 Å². The van der Waals surface area contributed by atoms with Gasteiger partial charge in [0.25, 0.3) is 11.8 Å². The van der Waals surface area contributed by atoms with Crippen LogP contribution < -0.4 is 10.7 Å². The van der Waals surface area contributed by atoms with Gasteiger partial charge in [0.15, 0.2) is 5.76 Å². The van der Waals surface area contributed by atoms with Crippen LogP contribution in [0.2, 0.25) is 0 Å². The molecule has 4 N–H and O–H groups in total. The maximum absolute atomic E-state index is 11.6. The molecule has 1 heterocycles. The van der Waals surface area contributed by atoms with Gasteiger partial charge < -0.3 is 19.9 Å². The summed E-state index contributed by atoms with van der Waals surface area (Å²) in [7, 11) is 0. The first kappa shape index (κ1) is 16.1. The van der Waals surface area contributed by atoms with Crippen molar-refractivity contribution in [2.45, 2.75) is 6.92 Å². The Hall–Kier alpha value is -3.29. The van der Waals surface area contributed by atoms with E-state index in [0.717, 1.165) is 0 Å². The van der Waals surface area contributed by atoms with Crippen LogP contribution in [0.25, 0.3) is 0 Å². The molecule has 1 aromatic carbocycles. The number of hydrazone groups is 1. The summed E-state index contributed by atoms with van der Waals surface area (Å²) in [6.45, 7) is 1.39. The van der Waals surface area contributed by atoms with E-state index < -0.39 is 11.8 Å². The number of furan rings is 1. The number of carbonyl (C=O) groups excluding carboxylic acids is 2. The molecule has 0 fully saturated rings. The number of aryl methyl sites for hydroxylation is 1. The largest absolute Gasteiger partial charge is 0.508 e. The summed E-state index contributed by atoms with van der Waals surface area (Å²) in [5, 5.41) is 25.1. The van der Waals surface area contributed by atoms with Crippen LogP contribution in [0.15, 0.2) is 40.0 Å². The van der Waals surface area contributed by atoms with E-state index in [-0.39, 0.29) is 23.8 Å². The van der Waals surface area contributed by atoms with Gasteiger partial charge in [0.1, 0.15) is 11.5 Å². The molecule has 0 aliphatic rings. The highest BCUT2D eigenvalue weighted by Gasteiger charge is 2.10. The van der Waals surface area contributed by atoms with E-state index in [0.29, 0.717) is 11.1 Å². The van der Waals surface area contributed by atoms with E-state index in [9.17, 15) is 19.8 Å². The molecule has 0 saturated heterocycles. The third-order valence-corrected chi connectivity index (χ3v) is 2.89. The van der Waals surface area contributed by atoms with Crippen LogP contribution in [0.5, 0.6) is 11.5 Å². The second-order valence-corrected chi connectivity index (χ2v) is 4.65. The number of rotatable bonds is 5. The fourth-order valence-corrected chi connectivity index (χ4v) is 1.79. The first-order chi connectivity index (χ1) is 11.0. The minimum absolute atomic E-state index is 0.0678. The van der Waals surface area contributed by atoms with Gasteiger partial charge in [-0.1, -0.05) is 0 Å². The number of hydrogen-bond acceptors (Lipinski definition) is 6. The number of aromatic hydroxyl groups is 2. The lowest BCUT2D eigenvalue weighted by Crippen LogP contribution is -2.34. The Labute approximate surface area is 131 Å². The Morgan fingerprint density at radius 2 is 2.13 bits per heavy atom. The predicted octanol–water partition coefficient (Wildman–Crippen LogP) is 0.879. The van der Waals surface area contributed by atoms with Gasteiger partial charge in [0.05, 0.1) is 19.0 Å². The summed E-state index contributed by atoms with van der Waals surface area (Å²) in [5.74, 6) is -1.18. The van der Waals surface area contributed by atoms with Crippen molar-refractivity contribution in [2.75, 3.05) is 6.54 Å². The molecule has 1 aromatic heterocycles. The average molecular weight is 317 g/mol. The monoisotopic (exact) mass is 317 g/mol. The molecule has 2 rings (SSSR count). The molecule has 2 amide bonds. The predicted molar refractivity (Wildman–Crippen MR) is 81.3 cm³/mol. The summed E-state index contributed by atoms with van der Waals surface area (Å²) in [6, 6.07) is 5.65. The topological polar surface area (TPSA) is 124 Å². The molecule has 0 radical (unpaired) electrons. The van der Waals surface area contributed by atoms with Crippen LogP contribution in [0.3, 0.4) is 0 Å². The van der Waals surface area contributed by atoms with Crippen molar-refractivity contribution in [3.63, 3.8) is 0 Å². The molecule has 23 heavy (non-hydrogen) atoms. The lowest BCUT2D eigenvalue weighted by Gasteiger charge is -2.05. The van der Waals surface area contributed by atoms with E-state index in [1.54, 1.807) is 13.0 Å². The minimum atomic E-state index is -0.544. The Bertz CT molecular complexity index is 715. The zero-order chi connectivity index (χ0) is 16.8. The molecule has 0 saturated carbocycles. The molecular formula is C15H15N3O5. The number of nitrogens with zero attached hydrogens (tertiary/aromatic N) is 1. The van der Waals surface area contributed by atoms with Crippen molar-refractivity contribution in [3.05, 3.63) is 47.4 Å². The normalized spacial score (nSPS) is 10.7. The van der Waals surface area contributed by atoms with E-state index >= 15 is 0 Å². The molecule has 0 atom stereocenters. The van der Waals surface area contributed by atoms with Crippen molar-refractivity contribution in [1.29, 1.82) is 0 Å².